The van der Waals surface area contributed by atoms with Crippen LogP contribution in [0.25, 0.3) is 0 Å². The molecular formula is C10H19NO3S. The normalized spacial score (nSPS) is 24.4. The molecule has 0 spiro atoms. The largest absolute Gasteiger partial charge is 0.298 e. The highest BCUT2D eigenvalue weighted by molar-refractivity contribution is 7.91. The Morgan fingerprint density at radius 3 is 2.60 bits per heavy atom. The molecule has 0 aromatic carbocycles. The second-order valence-electron chi connectivity index (χ2n) is 4.04. The molecule has 0 amide bonds. The van der Waals surface area contributed by atoms with E-state index in [0.29, 0.717) is 25.9 Å². The summed E-state index contributed by atoms with van der Waals surface area (Å²) in [5, 5.41) is 0. The number of sulfone groups is 1. The van der Waals surface area contributed by atoms with Crippen molar-refractivity contribution < 1.29 is 13.2 Å². The fraction of sp³-hybridized carbons (Fsp3) is 0.900. The van der Waals surface area contributed by atoms with Crippen molar-refractivity contribution in [2.45, 2.75) is 32.7 Å². The number of hydrogen-bond donors (Lipinski definition) is 0. The molecule has 0 saturated carbocycles. The van der Waals surface area contributed by atoms with E-state index >= 15 is 0 Å². The van der Waals surface area contributed by atoms with E-state index < -0.39 is 9.84 Å². The summed E-state index contributed by atoms with van der Waals surface area (Å²) in [4.78, 5) is 13.5. The maximum Gasteiger partial charge on any atom is 0.151 e. The lowest BCUT2D eigenvalue weighted by Gasteiger charge is -2.25. The average molecular weight is 233 g/mol. The summed E-state index contributed by atoms with van der Waals surface area (Å²) in [7, 11) is -2.87. The number of carbonyl (C=O) groups is 1. The molecule has 1 fully saturated rings. The Hall–Kier alpha value is -0.420. The topological polar surface area (TPSA) is 54.5 Å². The molecule has 15 heavy (non-hydrogen) atoms. The van der Waals surface area contributed by atoms with Crippen LogP contribution in [0, 0.1) is 0 Å². The van der Waals surface area contributed by atoms with Crippen molar-refractivity contribution in [1.29, 1.82) is 0 Å². The predicted octanol–water partition coefficient (Wildman–Crippen LogP) is 0.475. The maximum atomic E-state index is 11.5. The summed E-state index contributed by atoms with van der Waals surface area (Å²) in [5.41, 5.74) is 0. The van der Waals surface area contributed by atoms with Crippen LogP contribution in [0.5, 0.6) is 0 Å². The molecule has 1 saturated heterocycles. The molecule has 0 aromatic rings. The quantitative estimate of drug-likeness (QED) is 0.711. The number of ketones is 1. The first-order valence-electron chi connectivity index (χ1n) is 5.43. The molecule has 0 aromatic heterocycles. The predicted molar refractivity (Wildman–Crippen MR) is 59.6 cm³/mol. The van der Waals surface area contributed by atoms with Crippen LogP contribution < -0.4 is 0 Å². The second kappa shape index (κ2) is 5.07. The first-order valence-corrected chi connectivity index (χ1v) is 7.25. The molecule has 1 aliphatic heterocycles. The molecule has 5 heteroatoms. The molecule has 0 N–H and O–H groups in total. The van der Waals surface area contributed by atoms with Gasteiger partial charge in [0.25, 0.3) is 0 Å². The monoisotopic (exact) mass is 233 g/mol. The van der Waals surface area contributed by atoms with E-state index in [0.717, 1.165) is 0 Å². The van der Waals surface area contributed by atoms with Crippen molar-refractivity contribution in [2.24, 2.45) is 0 Å². The van der Waals surface area contributed by atoms with Gasteiger partial charge < -0.3 is 0 Å². The van der Waals surface area contributed by atoms with Crippen molar-refractivity contribution >= 4 is 15.6 Å². The van der Waals surface area contributed by atoms with Gasteiger partial charge in [-0.1, -0.05) is 6.92 Å². The van der Waals surface area contributed by atoms with E-state index in [1.165, 1.54) is 0 Å². The van der Waals surface area contributed by atoms with E-state index in [2.05, 4.69) is 0 Å². The zero-order valence-corrected chi connectivity index (χ0v) is 10.2. The Labute approximate surface area is 91.6 Å². The van der Waals surface area contributed by atoms with Crippen LogP contribution in [0.2, 0.25) is 0 Å². The zero-order chi connectivity index (χ0) is 11.5. The Balaban J connectivity index is 2.61. The zero-order valence-electron chi connectivity index (χ0n) is 9.40. The van der Waals surface area contributed by atoms with Crippen LogP contribution in [-0.2, 0) is 14.6 Å². The molecule has 0 bridgehead atoms. The molecule has 0 aliphatic carbocycles. The van der Waals surface area contributed by atoms with Crippen LogP contribution >= 0.6 is 0 Å². The van der Waals surface area contributed by atoms with Crippen LogP contribution in [0.4, 0.5) is 0 Å². The molecular weight excluding hydrogens is 214 g/mol. The van der Waals surface area contributed by atoms with Crippen molar-refractivity contribution in [3.63, 3.8) is 0 Å². The summed E-state index contributed by atoms with van der Waals surface area (Å²) in [5.74, 6) is 0.638. The minimum Gasteiger partial charge on any atom is -0.298 e. The van der Waals surface area contributed by atoms with Gasteiger partial charge >= 0.3 is 0 Å². The molecule has 1 unspecified atom stereocenters. The van der Waals surface area contributed by atoms with Gasteiger partial charge in [-0.05, 0) is 19.9 Å². The first-order chi connectivity index (χ1) is 6.96. The van der Waals surface area contributed by atoms with E-state index in [1.54, 1.807) is 0 Å². The Morgan fingerprint density at radius 2 is 2.00 bits per heavy atom. The Kier molecular flexibility index (Phi) is 4.28. The third-order valence-corrected chi connectivity index (χ3v) is 4.67. The minimum atomic E-state index is -2.87. The van der Waals surface area contributed by atoms with Crippen LogP contribution in [0.15, 0.2) is 0 Å². The molecule has 1 atom stereocenters. The van der Waals surface area contributed by atoms with Crippen molar-refractivity contribution in [3.05, 3.63) is 0 Å². The average Bonchev–Trinajstić information content (AvgIpc) is 2.37. The summed E-state index contributed by atoms with van der Waals surface area (Å²) in [6.07, 6.45) is 1.16. The fourth-order valence-corrected chi connectivity index (χ4v) is 3.13. The van der Waals surface area contributed by atoms with E-state index in [9.17, 15) is 13.2 Å². The molecule has 1 aliphatic rings. The highest BCUT2D eigenvalue weighted by Crippen LogP contribution is 2.10. The van der Waals surface area contributed by atoms with Gasteiger partial charge in [-0.25, -0.2) is 8.42 Å². The Morgan fingerprint density at radius 1 is 1.33 bits per heavy atom. The lowest BCUT2D eigenvalue weighted by atomic mass is 10.1. The molecule has 1 heterocycles. The molecule has 4 nitrogen and oxygen atoms in total. The molecule has 1 rings (SSSR count). The number of hydrogen-bond acceptors (Lipinski definition) is 4. The first kappa shape index (κ1) is 12.6. The lowest BCUT2D eigenvalue weighted by molar-refractivity contribution is -0.123. The van der Waals surface area contributed by atoms with E-state index in [-0.39, 0.29) is 23.3 Å². The summed E-state index contributed by atoms with van der Waals surface area (Å²) < 4.78 is 22.7. The van der Waals surface area contributed by atoms with Crippen molar-refractivity contribution in [3.8, 4) is 0 Å². The number of carbonyl (C=O) groups excluding carboxylic acids is 1. The van der Waals surface area contributed by atoms with E-state index in [4.69, 9.17) is 0 Å². The van der Waals surface area contributed by atoms with Gasteiger partial charge in [0.15, 0.2) is 9.84 Å². The Bertz CT molecular complexity index is 324. The highest BCUT2D eigenvalue weighted by Gasteiger charge is 2.25. The third-order valence-electron chi connectivity index (χ3n) is 2.95. The van der Waals surface area contributed by atoms with Crippen LogP contribution in [0.1, 0.15) is 26.7 Å². The van der Waals surface area contributed by atoms with Gasteiger partial charge in [-0.2, -0.15) is 0 Å². The van der Waals surface area contributed by atoms with Gasteiger partial charge in [-0.3, -0.25) is 9.69 Å². The number of nitrogens with zero attached hydrogens (tertiary/aromatic N) is 1. The minimum absolute atomic E-state index is 0.136. The van der Waals surface area contributed by atoms with E-state index in [1.807, 2.05) is 18.7 Å². The molecule has 88 valence electrons. The third kappa shape index (κ3) is 3.57. The molecule has 0 radical (unpaired) electrons. The standard InChI is InChI=1S/C10H19NO3S/c1-3-10(12)9(2)11-5-4-7-15(13,14)8-6-11/h9H,3-8H2,1-2H3. The van der Waals surface area contributed by atoms with Gasteiger partial charge in [0.2, 0.25) is 0 Å². The number of rotatable bonds is 3. The fourth-order valence-electron chi connectivity index (χ4n) is 1.84. The van der Waals surface area contributed by atoms with Crippen molar-refractivity contribution in [1.82, 2.24) is 4.90 Å². The second-order valence-corrected chi connectivity index (χ2v) is 6.34. The van der Waals surface area contributed by atoms with Gasteiger partial charge in [0.05, 0.1) is 17.5 Å². The summed E-state index contributed by atoms with van der Waals surface area (Å²) >= 11 is 0. The van der Waals surface area contributed by atoms with Gasteiger partial charge in [-0.15, -0.1) is 0 Å². The van der Waals surface area contributed by atoms with Crippen LogP contribution in [0.3, 0.4) is 0 Å². The number of Topliss-reactive ketones (excluding diaryl/α,β-unsaturated/α-hetero) is 1. The SMILES string of the molecule is CCC(=O)C(C)N1CCCS(=O)(=O)CC1. The summed E-state index contributed by atoms with van der Waals surface area (Å²) in [6.45, 7) is 4.92. The van der Waals surface area contributed by atoms with Crippen LogP contribution in [-0.4, -0.2) is 49.7 Å². The summed E-state index contributed by atoms with van der Waals surface area (Å²) in [6, 6.07) is -0.136. The van der Waals surface area contributed by atoms with Gasteiger partial charge in [0.1, 0.15) is 5.78 Å². The highest BCUT2D eigenvalue weighted by atomic mass is 32.2. The van der Waals surface area contributed by atoms with Crippen molar-refractivity contribution in [2.75, 3.05) is 24.6 Å². The maximum absolute atomic E-state index is 11.5. The smallest absolute Gasteiger partial charge is 0.151 e. The lowest BCUT2D eigenvalue weighted by Crippen LogP contribution is -2.40. The van der Waals surface area contributed by atoms with Gasteiger partial charge in [0, 0.05) is 13.0 Å².